The fraction of sp³-hybridized carbons (Fsp3) is 0. The molecule has 0 aliphatic rings. The fourth-order valence-electron chi connectivity index (χ4n) is 0. The average Bonchev–Trinajstić information content (AvgIpc) is 1.38. The van der Waals surface area contributed by atoms with Crippen LogP contribution in [0, 0.1) is 0 Å². The molecule has 0 spiro atoms. The second-order valence-corrected chi connectivity index (χ2v) is 3.01. The molecule has 0 rings (SSSR count). The second-order valence-electron chi connectivity index (χ2n) is 0.315. The molecule has 5 heavy (non-hydrogen) atoms. The molecule has 0 N–H and O–H groups in total. The van der Waals surface area contributed by atoms with Crippen molar-refractivity contribution in [3.8, 4) is 0 Å². The van der Waals surface area contributed by atoms with Crippen LogP contribution in [-0.4, -0.2) is 3.12 Å². The van der Waals surface area contributed by atoms with E-state index in [4.69, 9.17) is 10.7 Å². The van der Waals surface area contributed by atoms with E-state index in [0.717, 1.165) is 0 Å². The summed E-state index contributed by atoms with van der Waals surface area (Å²) < 4.78 is -0.0933. The van der Waals surface area contributed by atoms with Crippen molar-refractivity contribution in [1.82, 2.24) is 0 Å². The number of carbonyl (C=O) groups excluding carboxylic acids is 1. The molecule has 0 aliphatic heterocycles. The van der Waals surface area contributed by atoms with Gasteiger partial charge in [0.05, 0.1) is 0 Å². The smallest absolute Gasteiger partial charge is 0.263 e. The van der Waals surface area contributed by atoms with Crippen molar-refractivity contribution in [2.45, 2.75) is 0 Å². The highest BCUT2D eigenvalue weighted by atomic mass is 127. The Bertz CT molecular complexity index is 46.9. The quantitative estimate of drug-likeness (QED) is 0.462. The van der Waals surface area contributed by atoms with Crippen molar-refractivity contribution in [1.29, 1.82) is 0 Å². The molecule has 4 heteroatoms. The van der Waals surface area contributed by atoms with Crippen LogP contribution in [0.4, 0.5) is 4.79 Å². The van der Waals surface area contributed by atoms with Crippen LogP contribution in [0.2, 0.25) is 0 Å². The van der Waals surface area contributed by atoms with Crippen LogP contribution in [0.1, 0.15) is 0 Å². The van der Waals surface area contributed by atoms with E-state index in [1.54, 1.807) is 22.6 Å². The molecule has 0 aromatic carbocycles. The zero-order valence-electron chi connectivity index (χ0n) is 2.07. The van der Waals surface area contributed by atoms with Gasteiger partial charge < -0.3 is 0 Å². The normalized spacial score (nSPS) is 7.60. The molecule has 0 bridgehead atoms. The summed E-state index contributed by atoms with van der Waals surface area (Å²) in [5.41, 5.74) is 0. The zero-order chi connectivity index (χ0) is 4.28. The van der Waals surface area contributed by atoms with Gasteiger partial charge in [-0.3, -0.25) is 4.79 Å². The maximum Gasteiger partial charge on any atom is 0.263 e. The van der Waals surface area contributed by atoms with E-state index in [9.17, 15) is 4.79 Å². The van der Waals surface area contributed by atoms with E-state index in [1.807, 2.05) is 0 Å². The molecule has 1 nitrogen and oxygen atoms in total. The van der Waals surface area contributed by atoms with Gasteiger partial charge in [0.25, 0.3) is 3.12 Å². The van der Waals surface area contributed by atoms with E-state index >= 15 is 0 Å². The SMILES string of the molecule is O=C(I)SCl. The minimum Gasteiger partial charge on any atom is -0.274 e. The van der Waals surface area contributed by atoms with Crippen LogP contribution in [0.15, 0.2) is 0 Å². The third kappa shape index (κ3) is 5.04. The van der Waals surface area contributed by atoms with Crippen molar-refractivity contribution in [3.63, 3.8) is 0 Å². The summed E-state index contributed by atoms with van der Waals surface area (Å²) >= 11 is 1.60. The lowest BCUT2D eigenvalue weighted by atomic mass is 11.8. The van der Waals surface area contributed by atoms with Crippen molar-refractivity contribution in [2.24, 2.45) is 0 Å². The first-order valence-corrected chi connectivity index (χ1v) is 3.47. The summed E-state index contributed by atoms with van der Waals surface area (Å²) in [6, 6.07) is 0. The number of hydrogen-bond donors (Lipinski definition) is 0. The first-order valence-electron chi connectivity index (χ1n) is 0.752. The Balaban J connectivity index is 2.85. The zero-order valence-corrected chi connectivity index (χ0v) is 5.80. The molecule has 0 fully saturated rings. The first kappa shape index (κ1) is 6.04. The Hall–Kier alpha value is 1.04. The molecule has 0 heterocycles. The van der Waals surface area contributed by atoms with E-state index in [2.05, 4.69) is 0 Å². The van der Waals surface area contributed by atoms with Gasteiger partial charge in [-0.25, -0.2) is 0 Å². The Kier molecular flexibility index (Phi) is 3.91. The maximum atomic E-state index is 9.63. The van der Waals surface area contributed by atoms with Crippen LogP contribution < -0.4 is 0 Å². The van der Waals surface area contributed by atoms with E-state index in [1.165, 1.54) is 0 Å². The summed E-state index contributed by atoms with van der Waals surface area (Å²) in [7, 11) is 5.60. The van der Waals surface area contributed by atoms with Crippen LogP contribution in [0.25, 0.3) is 0 Å². The monoisotopic (exact) mass is 222 g/mol. The second kappa shape index (κ2) is 3.24. The lowest BCUT2D eigenvalue weighted by Crippen LogP contribution is -1.52. The molecule has 0 unspecified atom stereocenters. The van der Waals surface area contributed by atoms with Gasteiger partial charge in [-0.1, -0.05) is 0 Å². The van der Waals surface area contributed by atoms with Gasteiger partial charge in [0, 0.05) is 33.6 Å². The summed E-state index contributed by atoms with van der Waals surface area (Å²) in [4.78, 5) is 9.63. The lowest BCUT2D eigenvalue weighted by Gasteiger charge is -1.65. The molecule has 0 saturated heterocycles. The van der Waals surface area contributed by atoms with Gasteiger partial charge in [-0.15, -0.1) is 0 Å². The Morgan fingerprint density at radius 2 is 2.20 bits per heavy atom. The summed E-state index contributed by atoms with van der Waals surface area (Å²) in [6.45, 7) is 0. The molecular formula is CClIOS. The number of hydrogen-bond acceptors (Lipinski definition) is 2. The molecular weight excluding hydrogens is 222 g/mol. The molecule has 30 valence electrons. The topological polar surface area (TPSA) is 17.1 Å². The van der Waals surface area contributed by atoms with Gasteiger partial charge >= 0.3 is 0 Å². The van der Waals surface area contributed by atoms with Crippen LogP contribution in [0.3, 0.4) is 0 Å². The van der Waals surface area contributed by atoms with E-state index < -0.39 is 0 Å². The molecule has 0 aliphatic carbocycles. The number of halogens is 2. The summed E-state index contributed by atoms with van der Waals surface area (Å²) in [5.74, 6) is 0. The highest BCUT2D eigenvalue weighted by Crippen LogP contribution is 2.12. The number of carbonyl (C=O) groups is 1. The number of rotatable bonds is 0. The minimum atomic E-state index is -0.0933. The third-order valence-electron chi connectivity index (χ3n) is 0.0607. The van der Waals surface area contributed by atoms with Crippen molar-refractivity contribution >= 4 is 47.4 Å². The largest absolute Gasteiger partial charge is 0.274 e. The predicted octanol–water partition coefficient (Wildman–Crippen LogP) is 2.43. The maximum absolute atomic E-state index is 9.63. The molecule has 0 atom stereocenters. The standard InChI is InChI=1S/CClIOS/c2-5-1(3)4. The summed E-state index contributed by atoms with van der Waals surface area (Å²) in [5, 5.41) is 0. The van der Waals surface area contributed by atoms with Crippen molar-refractivity contribution in [2.75, 3.05) is 0 Å². The molecule has 0 saturated carbocycles. The molecule has 0 aromatic rings. The van der Waals surface area contributed by atoms with Gasteiger partial charge in [0.2, 0.25) is 0 Å². The highest BCUT2D eigenvalue weighted by molar-refractivity contribution is 14.1. The van der Waals surface area contributed by atoms with E-state index in [0.29, 0.717) is 11.0 Å². The fourth-order valence-corrected chi connectivity index (χ4v) is 0. The van der Waals surface area contributed by atoms with Crippen LogP contribution in [0.5, 0.6) is 0 Å². The van der Waals surface area contributed by atoms with E-state index in [-0.39, 0.29) is 3.12 Å². The summed E-state index contributed by atoms with van der Waals surface area (Å²) in [6.07, 6.45) is 0. The van der Waals surface area contributed by atoms with Gasteiger partial charge in [-0.2, -0.15) is 0 Å². The van der Waals surface area contributed by atoms with Gasteiger partial charge in [0.1, 0.15) is 0 Å². The lowest BCUT2D eigenvalue weighted by molar-refractivity contribution is 0.278. The molecule has 0 radical (unpaired) electrons. The minimum absolute atomic E-state index is 0.0933. The Morgan fingerprint density at radius 1 is 2.00 bits per heavy atom. The third-order valence-corrected chi connectivity index (χ3v) is 2.04. The first-order chi connectivity index (χ1) is 2.27. The Morgan fingerprint density at radius 3 is 2.20 bits per heavy atom. The highest BCUT2D eigenvalue weighted by Gasteiger charge is 1.84. The van der Waals surface area contributed by atoms with Crippen LogP contribution >= 0.6 is 44.2 Å². The van der Waals surface area contributed by atoms with Crippen molar-refractivity contribution < 1.29 is 4.79 Å². The van der Waals surface area contributed by atoms with Gasteiger partial charge in [-0.05, 0) is 10.7 Å². The van der Waals surface area contributed by atoms with Crippen LogP contribution in [-0.2, 0) is 0 Å². The molecule has 0 aromatic heterocycles. The van der Waals surface area contributed by atoms with Crippen molar-refractivity contribution in [3.05, 3.63) is 0 Å². The van der Waals surface area contributed by atoms with Gasteiger partial charge in [0.15, 0.2) is 0 Å². The average molecular weight is 222 g/mol. The predicted molar refractivity (Wildman–Crippen MR) is 32.9 cm³/mol. The Labute approximate surface area is 52.1 Å². The molecule has 0 amide bonds.